The molecule has 1 fully saturated rings. The third kappa shape index (κ3) is 3.47. The molecule has 2 rings (SSSR count). The minimum Gasteiger partial charge on any atom is -0.369 e. The number of carbonyl (C=O) groups excluding carboxylic acids is 1. The Kier molecular flexibility index (Phi) is 4.48. The fourth-order valence-electron chi connectivity index (χ4n) is 2.02. The summed E-state index contributed by atoms with van der Waals surface area (Å²) in [4.78, 5) is 14.9. The van der Waals surface area contributed by atoms with Crippen molar-refractivity contribution in [3.8, 4) is 0 Å². The van der Waals surface area contributed by atoms with Crippen LogP contribution in [-0.4, -0.2) is 44.6 Å². The first-order valence-corrected chi connectivity index (χ1v) is 6.73. The summed E-state index contributed by atoms with van der Waals surface area (Å²) in [6, 6.07) is 5.93. The topological polar surface area (TPSA) is 23.6 Å². The molecular formula is C11H13BBrClN2O. The van der Waals surface area contributed by atoms with Crippen LogP contribution in [-0.2, 0) is 4.79 Å². The number of hydrogen-bond donors (Lipinski definition) is 0. The molecule has 1 aromatic carbocycles. The Labute approximate surface area is 115 Å². The normalized spacial score (nSPS) is 16.9. The molecule has 1 aliphatic heterocycles. The molecule has 1 aliphatic rings. The van der Waals surface area contributed by atoms with Gasteiger partial charge in [0.2, 0.25) is 0 Å². The van der Waals surface area contributed by atoms with E-state index in [1.807, 2.05) is 12.1 Å². The summed E-state index contributed by atoms with van der Waals surface area (Å²) in [6.45, 7) is 3.70. The number of piperazine rings is 1. The van der Waals surface area contributed by atoms with E-state index in [0.29, 0.717) is 7.41 Å². The molecule has 1 heterocycles. The number of hydrogen-bond acceptors (Lipinski definition) is 3. The average molecular weight is 315 g/mol. The minimum absolute atomic E-state index is 0.535. The third-order valence-electron chi connectivity index (χ3n) is 2.92. The zero-order valence-corrected chi connectivity index (χ0v) is 11.7. The number of benzene rings is 1. The summed E-state index contributed by atoms with van der Waals surface area (Å²) in [5, 5.41) is 0.740. The highest BCUT2D eigenvalue weighted by Gasteiger charge is 2.17. The van der Waals surface area contributed by atoms with Crippen molar-refractivity contribution in [2.45, 2.75) is 0 Å². The lowest BCUT2D eigenvalue weighted by Crippen LogP contribution is -2.48. The van der Waals surface area contributed by atoms with Gasteiger partial charge in [-0.3, -0.25) is 0 Å². The first kappa shape index (κ1) is 12.9. The summed E-state index contributed by atoms with van der Waals surface area (Å²) in [6.07, 6.45) is 0.964. The fourth-order valence-corrected chi connectivity index (χ4v) is 2.86. The molecule has 0 radical (unpaired) electrons. The number of rotatable bonds is 3. The van der Waals surface area contributed by atoms with Gasteiger partial charge in [0.15, 0.2) is 0 Å². The zero-order chi connectivity index (χ0) is 12.3. The van der Waals surface area contributed by atoms with Gasteiger partial charge in [-0.05, 0) is 18.2 Å². The van der Waals surface area contributed by atoms with Crippen molar-refractivity contribution >= 4 is 46.8 Å². The minimum atomic E-state index is 0.535. The van der Waals surface area contributed by atoms with Crippen LogP contribution in [0.2, 0.25) is 5.02 Å². The quantitative estimate of drug-likeness (QED) is 0.627. The van der Waals surface area contributed by atoms with Gasteiger partial charge in [-0.1, -0.05) is 27.5 Å². The van der Waals surface area contributed by atoms with Gasteiger partial charge in [0.05, 0.1) is 6.19 Å². The van der Waals surface area contributed by atoms with E-state index >= 15 is 0 Å². The lowest BCUT2D eigenvalue weighted by Gasteiger charge is -2.35. The molecule has 90 valence electrons. The van der Waals surface area contributed by atoms with Crippen LogP contribution < -0.4 is 4.90 Å². The molecule has 0 aliphatic carbocycles. The summed E-state index contributed by atoms with van der Waals surface area (Å²) >= 11 is 9.48. The summed E-state index contributed by atoms with van der Waals surface area (Å²) in [7, 11) is 0.535. The van der Waals surface area contributed by atoms with E-state index in [2.05, 4.69) is 31.7 Å². The number of anilines is 1. The second-order valence-corrected chi connectivity index (χ2v) is 5.43. The van der Waals surface area contributed by atoms with E-state index in [4.69, 9.17) is 11.6 Å². The summed E-state index contributed by atoms with van der Waals surface area (Å²) in [5.41, 5.74) is 1.13. The smallest absolute Gasteiger partial charge is 0.281 e. The SMILES string of the molecule is O=CBN1CCN(c2cc(Cl)cc(Br)c2)CC1. The highest BCUT2D eigenvalue weighted by Crippen LogP contribution is 2.26. The van der Waals surface area contributed by atoms with Crippen molar-refractivity contribution in [2.75, 3.05) is 31.1 Å². The third-order valence-corrected chi connectivity index (χ3v) is 3.59. The number of carbonyl (C=O) groups is 1. The van der Waals surface area contributed by atoms with E-state index < -0.39 is 0 Å². The Morgan fingerprint density at radius 1 is 1.24 bits per heavy atom. The van der Waals surface area contributed by atoms with Crippen LogP contribution in [0.25, 0.3) is 0 Å². The van der Waals surface area contributed by atoms with Gasteiger partial charge in [-0.15, -0.1) is 0 Å². The predicted octanol–water partition coefficient (Wildman–Crippen LogP) is 1.77. The Hall–Kier alpha value is -0.515. The zero-order valence-electron chi connectivity index (χ0n) is 9.40. The van der Waals surface area contributed by atoms with Crippen LogP contribution in [0.1, 0.15) is 0 Å². The molecule has 0 saturated carbocycles. The molecule has 3 nitrogen and oxygen atoms in total. The molecule has 0 N–H and O–H groups in total. The van der Waals surface area contributed by atoms with Gasteiger partial charge in [-0.25, -0.2) is 0 Å². The van der Waals surface area contributed by atoms with Crippen molar-refractivity contribution in [3.05, 3.63) is 27.7 Å². The van der Waals surface area contributed by atoms with E-state index in [0.717, 1.165) is 47.5 Å². The molecule has 1 aromatic rings. The standard InChI is InChI=1S/C11H13BBrClN2O/c13-9-5-10(14)7-11(6-9)15-1-3-16(4-2-15)12-8-17/h5-8,12H,1-4H2. The summed E-state index contributed by atoms with van der Waals surface area (Å²) in [5.74, 6) is 0. The molecule has 0 atom stereocenters. The molecule has 0 amide bonds. The van der Waals surface area contributed by atoms with Crippen molar-refractivity contribution in [3.63, 3.8) is 0 Å². The molecule has 0 aromatic heterocycles. The van der Waals surface area contributed by atoms with Gasteiger partial charge < -0.3 is 14.5 Å². The summed E-state index contributed by atoms with van der Waals surface area (Å²) < 4.78 is 0.996. The Bertz CT molecular complexity index is 390. The van der Waals surface area contributed by atoms with Gasteiger partial charge in [0.25, 0.3) is 7.41 Å². The maximum Gasteiger partial charge on any atom is 0.281 e. The largest absolute Gasteiger partial charge is 0.369 e. The van der Waals surface area contributed by atoms with Gasteiger partial charge in [0.1, 0.15) is 0 Å². The Balaban J connectivity index is 2.02. The number of nitrogens with zero attached hydrogens (tertiary/aromatic N) is 2. The Morgan fingerprint density at radius 3 is 2.53 bits per heavy atom. The second kappa shape index (κ2) is 5.89. The van der Waals surface area contributed by atoms with E-state index in [9.17, 15) is 4.79 Å². The van der Waals surface area contributed by atoms with Crippen molar-refractivity contribution in [1.29, 1.82) is 0 Å². The Morgan fingerprint density at radius 2 is 1.94 bits per heavy atom. The van der Waals surface area contributed by atoms with Crippen LogP contribution >= 0.6 is 27.5 Å². The molecule has 0 spiro atoms. The molecule has 0 unspecified atom stereocenters. The average Bonchev–Trinajstić information content (AvgIpc) is 2.29. The first-order valence-electron chi connectivity index (χ1n) is 5.56. The van der Waals surface area contributed by atoms with E-state index in [-0.39, 0.29) is 0 Å². The van der Waals surface area contributed by atoms with Gasteiger partial charge in [-0.2, -0.15) is 0 Å². The maximum atomic E-state index is 10.4. The highest BCUT2D eigenvalue weighted by atomic mass is 79.9. The van der Waals surface area contributed by atoms with E-state index in [1.165, 1.54) is 0 Å². The lowest BCUT2D eigenvalue weighted by molar-refractivity contribution is 0.409. The number of halogens is 2. The van der Waals surface area contributed by atoms with Crippen molar-refractivity contribution in [2.24, 2.45) is 0 Å². The van der Waals surface area contributed by atoms with Crippen LogP contribution in [0.5, 0.6) is 0 Å². The van der Waals surface area contributed by atoms with Crippen LogP contribution in [0.4, 0.5) is 5.69 Å². The van der Waals surface area contributed by atoms with Crippen LogP contribution in [0.3, 0.4) is 0 Å². The van der Waals surface area contributed by atoms with Crippen molar-refractivity contribution in [1.82, 2.24) is 4.81 Å². The second-order valence-electron chi connectivity index (χ2n) is 4.08. The molecular weight excluding hydrogens is 302 g/mol. The molecule has 1 saturated heterocycles. The van der Waals surface area contributed by atoms with Gasteiger partial charge in [0, 0.05) is 41.4 Å². The molecule has 17 heavy (non-hydrogen) atoms. The van der Waals surface area contributed by atoms with Crippen molar-refractivity contribution < 1.29 is 4.79 Å². The van der Waals surface area contributed by atoms with Crippen LogP contribution in [0, 0.1) is 0 Å². The predicted molar refractivity (Wildman–Crippen MR) is 76.8 cm³/mol. The molecule has 6 heteroatoms. The first-order chi connectivity index (χ1) is 8.19. The van der Waals surface area contributed by atoms with Gasteiger partial charge >= 0.3 is 0 Å². The monoisotopic (exact) mass is 314 g/mol. The van der Waals surface area contributed by atoms with E-state index in [1.54, 1.807) is 0 Å². The fraction of sp³-hybridized carbons (Fsp3) is 0.364. The molecule has 0 bridgehead atoms. The lowest BCUT2D eigenvalue weighted by atomic mass is 9.93. The maximum absolute atomic E-state index is 10.4. The highest BCUT2D eigenvalue weighted by molar-refractivity contribution is 9.10. The van der Waals surface area contributed by atoms with Crippen LogP contribution in [0.15, 0.2) is 22.7 Å².